The van der Waals surface area contributed by atoms with Crippen molar-refractivity contribution in [3.63, 3.8) is 0 Å². The number of nitrogens with zero attached hydrogens (tertiary/aromatic N) is 4. The summed E-state index contributed by atoms with van der Waals surface area (Å²) < 4.78 is 1.67. The number of carboxylic acid groups (broad SMARTS) is 1. The van der Waals surface area contributed by atoms with Crippen LogP contribution in [0.4, 0.5) is 5.95 Å². The summed E-state index contributed by atoms with van der Waals surface area (Å²) in [6, 6.07) is 0.183. The number of carboxylic acids is 1. The third kappa shape index (κ3) is 3.03. The van der Waals surface area contributed by atoms with E-state index in [4.69, 9.17) is 4.84 Å². The van der Waals surface area contributed by atoms with E-state index in [1.165, 1.54) is 18.0 Å². The number of thioether (sulfide) groups is 1. The SMILES string of the molecule is CONC1CN(c2nc(C)c3c(=O)c(C(=O)O)cn([C@H]4NC=CS4)c3n2)C1. The third-order valence-electron chi connectivity index (χ3n) is 4.49. The summed E-state index contributed by atoms with van der Waals surface area (Å²) in [7, 11) is 1.57. The Morgan fingerprint density at radius 2 is 2.22 bits per heavy atom. The first kappa shape index (κ1) is 17.8. The largest absolute Gasteiger partial charge is 0.477 e. The fraction of sp³-hybridized carbons (Fsp3) is 0.375. The molecule has 0 spiro atoms. The minimum absolute atomic E-state index is 0.183. The van der Waals surface area contributed by atoms with Crippen LogP contribution >= 0.6 is 11.8 Å². The van der Waals surface area contributed by atoms with Gasteiger partial charge in [0.2, 0.25) is 11.4 Å². The average molecular weight is 390 g/mol. The van der Waals surface area contributed by atoms with Crippen molar-refractivity contribution in [2.45, 2.75) is 18.5 Å². The van der Waals surface area contributed by atoms with Gasteiger partial charge >= 0.3 is 5.97 Å². The summed E-state index contributed by atoms with van der Waals surface area (Å²) in [5.41, 5.74) is 2.58. The van der Waals surface area contributed by atoms with Crippen LogP contribution in [0.5, 0.6) is 0 Å². The van der Waals surface area contributed by atoms with E-state index in [-0.39, 0.29) is 22.5 Å². The molecule has 0 radical (unpaired) electrons. The van der Waals surface area contributed by atoms with Gasteiger partial charge in [0.05, 0.1) is 24.2 Å². The fourth-order valence-electron chi connectivity index (χ4n) is 3.17. The number of aromatic carboxylic acids is 1. The standard InChI is InChI=1S/C16H18N6O4S/c1-8-11-12(23)10(14(24)25)7-22(16-17-3-4-27-16)13(11)19-15(18-8)21-5-9(6-21)20-26-2/h3-4,7,9,16-17,20H,5-6H2,1-2H3,(H,24,25)/t16-/m1/s1. The van der Waals surface area contributed by atoms with Crippen molar-refractivity contribution < 1.29 is 14.7 Å². The Hall–Kier alpha value is -2.63. The maximum atomic E-state index is 12.7. The third-order valence-corrected chi connectivity index (χ3v) is 5.40. The Labute approximate surface area is 158 Å². The van der Waals surface area contributed by atoms with Gasteiger partial charge in [0.15, 0.2) is 11.1 Å². The molecule has 0 amide bonds. The van der Waals surface area contributed by atoms with E-state index in [0.29, 0.717) is 30.4 Å². The molecule has 4 heterocycles. The number of rotatable bonds is 5. The summed E-state index contributed by atoms with van der Waals surface area (Å²) in [6.07, 6.45) is 3.11. The quantitative estimate of drug-likeness (QED) is 0.619. The number of aromatic nitrogens is 3. The van der Waals surface area contributed by atoms with Crippen molar-refractivity contribution in [3.05, 3.63) is 39.3 Å². The number of hydroxylamine groups is 1. The molecule has 3 N–H and O–H groups in total. The minimum atomic E-state index is -1.27. The second-order valence-electron chi connectivity index (χ2n) is 6.27. The van der Waals surface area contributed by atoms with Crippen LogP contribution in [0.1, 0.15) is 21.5 Å². The van der Waals surface area contributed by atoms with Gasteiger partial charge in [-0.2, -0.15) is 10.5 Å². The molecule has 1 saturated heterocycles. The maximum absolute atomic E-state index is 12.7. The lowest BCUT2D eigenvalue weighted by Crippen LogP contribution is -2.58. The van der Waals surface area contributed by atoms with Gasteiger partial charge in [-0.05, 0) is 12.3 Å². The molecule has 0 aliphatic carbocycles. The monoisotopic (exact) mass is 390 g/mol. The molecule has 0 bridgehead atoms. The van der Waals surface area contributed by atoms with E-state index in [1.54, 1.807) is 24.8 Å². The summed E-state index contributed by atoms with van der Waals surface area (Å²) >= 11 is 1.46. The number of pyridine rings is 1. The number of anilines is 1. The van der Waals surface area contributed by atoms with Crippen molar-refractivity contribution in [1.29, 1.82) is 0 Å². The minimum Gasteiger partial charge on any atom is -0.477 e. The Morgan fingerprint density at radius 1 is 1.44 bits per heavy atom. The van der Waals surface area contributed by atoms with Crippen LogP contribution in [0.25, 0.3) is 11.0 Å². The Kier molecular flexibility index (Phi) is 4.50. The number of hydrogen-bond acceptors (Lipinski definition) is 9. The van der Waals surface area contributed by atoms with Crippen molar-refractivity contribution >= 4 is 34.7 Å². The molecule has 4 rings (SSSR count). The summed E-state index contributed by atoms with van der Waals surface area (Å²) in [6.45, 7) is 3.05. The molecular formula is C16H18N6O4S. The normalized spacial score (nSPS) is 19.3. The highest BCUT2D eigenvalue weighted by Crippen LogP contribution is 2.30. The lowest BCUT2D eigenvalue weighted by atomic mass is 10.1. The van der Waals surface area contributed by atoms with Gasteiger partial charge in [-0.25, -0.2) is 9.78 Å². The number of aryl methyl sites for hydroxylation is 1. The number of fused-ring (bicyclic) bond motifs is 1. The first-order valence-corrected chi connectivity index (χ1v) is 9.20. The molecule has 27 heavy (non-hydrogen) atoms. The molecule has 1 fully saturated rings. The van der Waals surface area contributed by atoms with Crippen LogP contribution in [-0.4, -0.2) is 51.9 Å². The van der Waals surface area contributed by atoms with Crippen LogP contribution in [0.2, 0.25) is 0 Å². The maximum Gasteiger partial charge on any atom is 0.341 e. The van der Waals surface area contributed by atoms with Crippen molar-refractivity contribution in [2.24, 2.45) is 0 Å². The first-order valence-electron chi connectivity index (χ1n) is 8.26. The van der Waals surface area contributed by atoms with E-state index in [0.717, 1.165) is 0 Å². The number of hydrogen-bond donors (Lipinski definition) is 3. The molecule has 1 atom stereocenters. The van der Waals surface area contributed by atoms with Gasteiger partial charge in [-0.1, -0.05) is 11.8 Å². The highest BCUT2D eigenvalue weighted by Gasteiger charge is 2.30. The highest BCUT2D eigenvalue weighted by molar-refractivity contribution is 8.02. The van der Waals surface area contributed by atoms with Crippen LogP contribution in [0.3, 0.4) is 0 Å². The van der Waals surface area contributed by atoms with Gasteiger partial charge in [0, 0.05) is 25.5 Å². The predicted octanol–water partition coefficient (Wildman–Crippen LogP) is 0.401. The van der Waals surface area contributed by atoms with Crippen molar-refractivity contribution in [1.82, 2.24) is 25.3 Å². The van der Waals surface area contributed by atoms with E-state index in [1.807, 2.05) is 10.3 Å². The topological polar surface area (TPSA) is 122 Å². The Balaban J connectivity index is 1.84. The average Bonchev–Trinajstić information content (AvgIpc) is 3.11. The van der Waals surface area contributed by atoms with Gasteiger partial charge in [0.1, 0.15) is 5.56 Å². The Bertz CT molecular complexity index is 993. The molecule has 11 heteroatoms. The van der Waals surface area contributed by atoms with E-state index in [2.05, 4.69) is 20.8 Å². The van der Waals surface area contributed by atoms with Crippen LogP contribution in [0.15, 0.2) is 22.6 Å². The lowest BCUT2D eigenvalue weighted by Gasteiger charge is -2.39. The molecule has 2 aromatic rings. The molecule has 0 saturated carbocycles. The summed E-state index contributed by atoms with van der Waals surface area (Å²) in [5, 5.41) is 14.6. The molecule has 2 aliphatic rings. The second kappa shape index (κ2) is 6.83. The fourth-order valence-corrected chi connectivity index (χ4v) is 3.92. The second-order valence-corrected chi connectivity index (χ2v) is 7.26. The molecule has 2 aliphatic heterocycles. The van der Waals surface area contributed by atoms with Gasteiger partial charge in [0.25, 0.3) is 0 Å². The van der Waals surface area contributed by atoms with Crippen LogP contribution < -0.4 is 21.1 Å². The number of nitrogens with one attached hydrogen (secondary N) is 2. The molecule has 0 unspecified atom stereocenters. The lowest BCUT2D eigenvalue weighted by molar-refractivity contribution is 0.0516. The zero-order valence-electron chi connectivity index (χ0n) is 14.7. The smallest absolute Gasteiger partial charge is 0.341 e. The van der Waals surface area contributed by atoms with E-state index in [9.17, 15) is 14.7 Å². The predicted molar refractivity (Wildman–Crippen MR) is 101 cm³/mol. The molecular weight excluding hydrogens is 372 g/mol. The highest BCUT2D eigenvalue weighted by atomic mass is 32.2. The van der Waals surface area contributed by atoms with Crippen molar-refractivity contribution in [3.8, 4) is 0 Å². The van der Waals surface area contributed by atoms with Gasteiger partial charge in [-0.3, -0.25) is 4.79 Å². The first-order chi connectivity index (χ1) is 13.0. The van der Waals surface area contributed by atoms with E-state index >= 15 is 0 Å². The van der Waals surface area contributed by atoms with E-state index < -0.39 is 11.4 Å². The van der Waals surface area contributed by atoms with Crippen molar-refractivity contribution in [2.75, 3.05) is 25.1 Å². The summed E-state index contributed by atoms with van der Waals surface area (Å²) in [4.78, 5) is 40.2. The van der Waals surface area contributed by atoms with Crippen LogP contribution in [0, 0.1) is 6.92 Å². The Morgan fingerprint density at radius 3 is 2.85 bits per heavy atom. The zero-order chi connectivity index (χ0) is 19.1. The van der Waals surface area contributed by atoms with Gasteiger partial charge in [-0.15, -0.1) is 0 Å². The number of carbonyl (C=O) groups is 1. The molecule has 142 valence electrons. The van der Waals surface area contributed by atoms with Gasteiger partial charge < -0.3 is 24.7 Å². The molecule has 2 aromatic heterocycles. The van der Waals surface area contributed by atoms with Crippen LogP contribution in [-0.2, 0) is 4.84 Å². The zero-order valence-corrected chi connectivity index (χ0v) is 15.5. The molecule has 10 nitrogen and oxygen atoms in total. The molecule has 0 aromatic carbocycles. The summed E-state index contributed by atoms with van der Waals surface area (Å²) in [5.74, 6) is -0.771.